The van der Waals surface area contributed by atoms with Gasteiger partial charge in [0.05, 0.1) is 22.3 Å². The van der Waals surface area contributed by atoms with E-state index in [2.05, 4.69) is 5.32 Å². The molecule has 0 radical (unpaired) electrons. The third kappa shape index (κ3) is 3.97. The average Bonchev–Trinajstić information content (AvgIpc) is 2.29. The van der Waals surface area contributed by atoms with Crippen molar-refractivity contribution in [3.05, 3.63) is 40.9 Å². The van der Waals surface area contributed by atoms with Gasteiger partial charge in [-0.15, -0.1) is 0 Å². The highest BCUT2D eigenvalue weighted by Gasteiger charge is 2.04. The molecule has 0 unspecified atom stereocenters. The first-order valence-electron chi connectivity index (χ1n) is 4.44. The van der Waals surface area contributed by atoms with Crippen molar-refractivity contribution in [3.8, 4) is 6.07 Å². The van der Waals surface area contributed by atoms with Crippen molar-refractivity contribution in [2.75, 3.05) is 5.32 Å². The van der Waals surface area contributed by atoms with E-state index in [-0.39, 0.29) is 10.7 Å². The Kier molecular flexibility index (Phi) is 4.26. The number of rotatable bonds is 3. The molecule has 0 atom stereocenters. The highest BCUT2D eigenvalue weighted by atomic mass is 35.5. The molecule has 0 fully saturated rings. The SMILES string of the molecule is N#Cc1ccc(Cl)c(NC(=O)C=CC(=O)O)c1. The van der Waals surface area contributed by atoms with Crippen molar-refractivity contribution in [2.45, 2.75) is 0 Å². The molecule has 5 nitrogen and oxygen atoms in total. The quantitative estimate of drug-likeness (QED) is 0.800. The number of aliphatic carboxylic acids is 1. The summed E-state index contributed by atoms with van der Waals surface area (Å²) in [5.41, 5.74) is 0.595. The number of carbonyl (C=O) groups excluding carboxylic acids is 1. The zero-order valence-corrected chi connectivity index (χ0v) is 9.23. The van der Waals surface area contributed by atoms with Gasteiger partial charge in [0.1, 0.15) is 0 Å². The molecule has 0 saturated heterocycles. The molecule has 0 aliphatic heterocycles. The number of nitrogens with zero attached hydrogens (tertiary/aromatic N) is 1. The third-order valence-corrected chi connectivity index (χ3v) is 2.06. The number of nitrogens with one attached hydrogen (secondary N) is 1. The van der Waals surface area contributed by atoms with Gasteiger partial charge < -0.3 is 10.4 Å². The topological polar surface area (TPSA) is 90.2 Å². The average molecular weight is 251 g/mol. The summed E-state index contributed by atoms with van der Waals surface area (Å²) in [4.78, 5) is 21.5. The largest absolute Gasteiger partial charge is 0.478 e. The number of benzene rings is 1. The molecule has 0 spiro atoms. The Labute approximate surface area is 102 Å². The summed E-state index contributed by atoms with van der Waals surface area (Å²) in [7, 11) is 0. The number of carboxylic acid groups (broad SMARTS) is 1. The van der Waals surface area contributed by atoms with Gasteiger partial charge in [0, 0.05) is 12.2 Å². The Bertz CT molecular complexity index is 532. The Hall–Kier alpha value is -2.32. The van der Waals surface area contributed by atoms with E-state index in [4.69, 9.17) is 22.0 Å². The van der Waals surface area contributed by atoms with Gasteiger partial charge in [-0.25, -0.2) is 4.79 Å². The highest BCUT2D eigenvalue weighted by Crippen LogP contribution is 2.22. The number of anilines is 1. The third-order valence-electron chi connectivity index (χ3n) is 1.73. The lowest BCUT2D eigenvalue weighted by Crippen LogP contribution is -2.09. The lowest BCUT2D eigenvalue weighted by molar-refractivity contribution is -0.131. The summed E-state index contributed by atoms with van der Waals surface area (Å²) < 4.78 is 0. The van der Waals surface area contributed by atoms with E-state index in [1.165, 1.54) is 18.2 Å². The van der Waals surface area contributed by atoms with Crippen LogP contribution >= 0.6 is 11.6 Å². The van der Waals surface area contributed by atoms with E-state index in [1.807, 2.05) is 6.07 Å². The van der Waals surface area contributed by atoms with Crippen LogP contribution in [0.2, 0.25) is 5.02 Å². The lowest BCUT2D eigenvalue weighted by atomic mass is 10.2. The summed E-state index contributed by atoms with van der Waals surface area (Å²) >= 11 is 5.80. The van der Waals surface area contributed by atoms with Crippen LogP contribution < -0.4 is 5.32 Å². The smallest absolute Gasteiger partial charge is 0.328 e. The number of amides is 1. The van der Waals surface area contributed by atoms with E-state index in [0.29, 0.717) is 11.6 Å². The minimum absolute atomic E-state index is 0.255. The van der Waals surface area contributed by atoms with Gasteiger partial charge in [0.2, 0.25) is 5.91 Å². The Balaban J connectivity index is 2.85. The molecule has 0 heterocycles. The second-order valence-corrected chi connectivity index (χ2v) is 3.37. The predicted octanol–water partition coefficient (Wildman–Crippen LogP) is 1.79. The van der Waals surface area contributed by atoms with Gasteiger partial charge in [0.25, 0.3) is 0 Å². The van der Waals surface area contributed by atoms with Gasteiger partial charge in [-0.05, 0) is 18.2 Å². The molecule has 17 heavy (non-hydrogen) atoms. The molecule has 0 saturated carbocycles. The summed E-state index contributed by atoms with van der Waals surface area (Å²) in [5.74, 6) is -1.86. The maximum absolute atomic E-state index is 11.3. The van der Waals surface area contributed by atoms with Crippen LogP contribution in [0, 0.1) is 11.3 Å². The Morgan fingerprint density at radius 1 is 1.41 bits per heavy atom. The molecule has 0 aliphatic rings. The number of hydrogen-bond acceptors (Lipinski definition) is 3. The molecule has 1 amide bonds. The second-order valence-electron chi connectivity index (χ2n) is 2.97. The summed E-state index contributed by atoms with van der Waals surface area (Å²) in [6.07, 6.45) is 1.56. The monoisotopic (exact) mass is 250 g/mol. The van der Waals surface area contributed by atoms with E-state index >= 15 is 0 Å². The van der Waals surface area contributed by atoms with E-state index in [9.17, 15) is 9.59 Å². The molecule has 0 aromatic heterocycles. The number of nitriles is 1. The number of carbonyl (C=O) groups is 2. The van der Waals surface area contributed by atoms with Crippen LogP contribution in [0.25, 0.3) is 0 Å². The van der Waals surface area contributed by atoms with Crippen molar-refractivity contribution in [1.29, 1.82) is 5.26 Å². The van der Waals surface area contributed by atoms with E-state index < -0.39 is 11.9 Å². The molecule has 86 valence electrons. The molecule has 0 aliphatic carbocycles. The van der Waals surface area contributed by atoms with Crippen molar-refractivity contribution in [3.63, 3.8) is 0 Å². The zero-order valence-electron chi connectivity index (χ0n) is 8.48. The number of halogens is 1. The van der Waals surface area contributed by atoms with Crippen molar-refractivity contribution in [1.82, 2.24) is 0 Å². The minimum atomic E-state index is -1.22. The fourth-order valence-electron chi connectivity index (χ4n) is 1.01. The summed E-state index contributed by atoms with van der Waals surface area (Å²) in [6, 6.07) is 6.27. The summed E-state index contributed by atoms with van der Waals surface area (Å²) in [5, 5.41) is 19.6. The van der Waals surface area contributed by atoms with Crippen LogP contribution in [0.3, 0.4) is 0 Å². The molecule has 0 bridgehead atoms. The molecule has 1 aromatic carbocycles. The van der Waals surface area contributed by atoms with Crippen LogP contribution in [0.4, 0.5) is 5.69 Å². The summed E-state index contributed by atoms with van der Waals surface area (Å²) in [6.45, 7) is 0. The first-order chi connectivity index (χ1) is 8.02. The number of hydrogen-bond donors (Lipinski definition) is 2. The fraction of sp³-hybridized carbons (Fsp3) is 0. The molecule has 2 N–H and O–H groups in total. The molecule has 6 heteroatoms. The maximum Gasteiger partial charge on any atom is 0.328 e. The minimum Gasteiger partial charge on any atom is -0.478 e. The highest BCUT2D eigenvalue weighted by molar-refractivity contribution is 6.33. The van der Waals surface area contributed by atoms with Crippen molar-refractivity contribution < 1.29 is 14.7 Å². The molecule has 1 aromatic rings. The van der Waals surface area contributed by atoms with E-state index in [1.54, 1.807) is 0 Å². The normalized spacial score (nSPS) is 9.88. The van der Waals surface area contributed by atoms with E-state index in [0.717, 1.165) is 6.08 Å². The van der Waals surface area contributed by atoms with Crippen LogP contribution in [-0.4, -0.2) is 17.0 Å². The Morgan fingerprint density at radius 3 is 2.71 bits per heavy atom. The van der Waals surface area contributed by atoms with Gasteiger partial charge in [-0.3, -0.25) is 4.79 Å². The zero-order chi connectivity index (χ0) is 12.8. The van der Waals surface area contributed by atoms with Gasteiger partial charge >= 0.3 is 5.97 Å². The first-order valence-corrected chi connectivity index (χ1v) is 4.82. The van der Waals surface area contributed by atoms with Crippen LogP contribution in [0.15, 0.2) is 30.4 Å². The van der Waals surface area contributed by atoms with Crippen molar-refractivity contribution in [2.24, 2.45) is 0 Å². The van der Waals surface area contributed by atoms with Crippen LogP contribution in [-0.2, 0) is 9.59 Å². The number of carboxylic acids is 1. The van der Waals surface area contributed by atoms with Crippen molar-refractivity contribution >= 4 is 29.2 Å². The molecular weight excluding hydrogens is 244 g/mol. The van der Waals surface area contributed by atoms with Gasteiger partial charge in [-0.1, -0.05) is 11.6 Å². The first kappa shape index (κ1) is 12.7. The second kappa shape index (κ2) is 5.68. The maximum atomic E-state index is 11.3. The van der Waals surface area contributed by atoms with Crippen LogP contribution in [0.5, 0.6) is 0 Å². The standard InChI is InChI=1S/C11H7ClN2O3/c12-8-2-1-7(6-13)5-9(8)14-10(15)3-4-11(16)17/h1-5H,(H,14,15)(H,16,17). The molecular formula is C11H7ClN2O3. The lowest BCUT2D eigenvalue weighted by Gasteiger charge is -2.04. The fourth-order valence-corrected chi connectivity index (χ4v) is 1.18. The molecule has 1 rings (SSSR count). The predicted molar refractivity (Wildman–Crippen MR) is 61.6 cm³/mol. The van der Waals surface area contributed by atoms with Gasteiger partial charge in [-0.2, -0.15) is 5.26 Å². The Morgan fingerprint density at radius 2 is 2.12 bits per heavy atom. The van der Waals surface area contributed by atoms with Crippen LogP contribution in [0.1, 0.15) is 5.56 Å². The van der Waals surface area contributed by atoms with Gasteiger partial charge in [0.15, 0.2) is 0 Å².